The van der Waals surface area contributed by atoms with Crippen LogP contribution in [-0.2, 0) is 4.79 Å². The zero-order chi connectivity index (χ0) is 24.2. The van der Waals surface area contributed by atoms with Crippen molar-refractivity contribution in [2.24, 2.45) is 0 Å². The number of imide groups is 1. The van der Waals surface area contributed by atoms with Crippen LogP contribution in [0.1, 0.15) is 15.9 Å². The Balaban J connectivity index is 1.55. The Hall–Kier alpha value is -3.40. The van der Waals surface area contributed by atoms with Gasteiger partial charge in [-0.2, -0.15) is 0 Å². The van der Waals surface area contributed by atoms with Crippen LogP contribution in [0.15, 0.2) is 87.5 Å². The Bertz CT molecular complexity index is 1330. The Morgan fingerprint density at radius 3 is 2.44 bits per heavy atom. The quantitative estimate of drug-likeness (QED) is 0.159. The molecule has 2 amide bonds. The minimum Gasteiger partial charge on any atom is -0.292 e. The van der Waals surface area contributed by atoms with E-state index in [9.17, 15) is 24.5 Å². The maximum Gasteiger partial charge on any atom is 0.293 e. The highest BCUT2D eigenvalue weighted by Gasteiger charge is 2.36. The zero-order valence-electron chi connectivity index (χ0n) is 17.3. The van der Waals surface area contributed by atoms with Gasteiger partial charge < -0.3 is 0 Å². The predicted molar refractivity (Wildman–Crippen MR) is 132 cm³/mol. The summed E-state index contributed by atoms with van der Waals surface area (Å²) in [7, 11) is 0. The fourth-order valence-electron chi connectivity index (χ4n) is 3.13. The summed E-state index contributed by atoms with van der Waals surface area (Å²) in [5.41, 5.74) is 0.661. The van der Waals surface area contributed by atoms with E-state index < -0.39 is 16.1 Å². The van der Waals surface area contributed by atoms with E-state index in [1.54, 1.807) is 66.7 Å². The number of thioether (sulfide) groups is 1. The average Bonchev–Trinajstić information content (AvgIpc) is 3.09. The van der Waals surface area contributed by atoms with Crippen LogP contribution in [0.25, 0.3) is 6.08 Å². The van der Waals surface area contributed by atoms with Gasteiger partial charge in [-0.05, 0) is 53.7 Å². The molecule has 0 unspecified atom stereocenters. The molecule has 1 aliphatic rings. The van der Waals surface area contributed by atoms with Crippen molar-refractivity contribution in [1.82, 2.24) is 4.90 Å². The Morgan fingerprint density at radius 2 is 1.76 bits per heavy atom. The van der Waals surface area contributed by atoms with Crippen LogP contribution in [-0.4, -0.2) is 33.3 Å². The van der Waals surface area contributed by atoms with Crippen LogP contribution in [0, 0.1) is 10.1 Å². The van der Waals surface area contributed by atoms with Crippen molar-refractivity contribution in [3.8, 4) is 0 Å². The summed E-state index contributed by atoms with van der Waals surface area (Å²) in [6.07, 6.45) is 1.42. The Labute approximate surface area is 207 Å². The van der Waals surface area contributed by atoms with Crippen LogP contribution in [0.2, 0.25) is 5.02 Å². The number of nitrogens with zero attached hydrogens (tertiary/aromatic N) is 2. The number of ketones is 1. The SMILES string of the molecule is O=C(CN1C(=O)S/C(=C\c2ccc(Sc3ccc(Cl)cc3)c([N+](=O)[O-])c2)C1=O)c1ccccc1. The summed E-state index contributed by atoms with van der Waals surface area (Å²) in [5.74, 6) is -0.968. The van der Waals surface area contributed by atoms with E-state index in [1.165, 1.54) is 23.9 Å². The van der Waals surface area contributed by atoms with Crippen LogP contribution in [0.4, 0.5) is 10.5 Å². The second kappa shape index (κ2) is 10.3. The molecule has 0 atom stereocenters. The van der Waals surface area contributed by atoms with Crippen molar-refractivity contribution in [3.05, 3.63) is 104 Å². The van der Waals surface area contributed by atoms with Gasteiger partial charge in [-0.15, -0.1) is 0 Å². The molecule has 1 saturated heterocycles. The molecule has 3 aromatic rings. The third kappa shape index (κ3) is 5.39. The van der Waals surface area contributed by atoms with E-state index >= 15 is 0 Å². The molecule has 170 valence electrons. The minimum absolute atomic E-state index is 0.0956. The lowest BCUT2D eigenvalue weighted by atomic mass is 10.1. The van der Waals surface area contributed by atoms with E-state index in [4.69, 9.17) is 11.6 Å². The van der Waals surface area contributed by atoms with Gasteiger partial charge in [0, 0.05) is 21.5 Å². The van der Waals surface area contributed by atoms with Crippen molar-refractivity contribution < 1.29 is 19.3 Å². The van der Waals surface area contributed by atoms with Crippen molar-refractivity contribution in [1.29, 1.82) is 0 Å². The predicted octanol–water partition coefficient (Wildman–Crippen LogP) is 6.32. The number of nitro groups is 1. The molecule has 0 saturated carbocycles. The van der Waals surface area contributed by atoms with Crippen molar-refractivity contribution >= 4 is 63.8 Å². The largest absolute Gasteiger partial charge is 0.293 e. The molecular weight excluding hydrogens is 496 g/mol. The third-order valence-electron chi connectivity index (χ3n) is 4.79. The fraction of sp³-hybridized carbons (Fsp3) is 0.0417. The maximum absolute atomic E-state index is 12.8. The number of halogens is 1. The molecule has 0 radical (unpaired) electrons. The Morgan fingerprint density at radius 1 is 1.06 bits per heavy atom. The Kier molecular flexibility index (Phi) is 7.16. The van der Waals surface area contributed by atoms with Gasteiger partial charge in [0.15, 0.2) is 5.78 Å². The topological polar surface area (TPSA) is 97.6 Å². The summed E-state index contributed by atoms with van der Waals surface area (Å²) in [6, 6.07) is 19.9. The summed E-state index contributed by atoms with van der Waals surface area (Å²) >= 11 is 7.80. The lowest BCUT2D eigenvalue weighted by Gasteiger charge is -2.11. The molecule has 3 aromatic carbocycles. The summed E-state index contributed by atoms with van der Waals surface area (Å²) in [4.78, 5) is 50.9. The third-order valence-corrected chi connectivity index (χ3v) is 7.02. The summed E-state index contributed by atoms with van der Waals surface area (Å²) < 4.78 is 0. The number of benzene rings is 3. The number of Topliss-reactive ketones (excluding diaryl/α,β-unsaturated/α-hetero) is 1. The second-order valence-corrected chi connectivity index (χ2v) is 9.64. The number of hydrogen-bond donors (Lipinski definition) is 0. The first-order chi connectivity index (χ1) is 16.3. The molecule has 0 spiro atoms. The van der Waals surface area contributed by atoms with Crippen LogP contribution in [0.3, 0.4) is 0 Å². The van der Waals surface area contributed by atoms with Gasteiger partial charge in [-0.1, -0.05) is 59.8 Å². The number of carbonyl (C=O) groups excluding carboxylic acids is 3. The molecule has 0 N–H and O–H groups in total. The van der Waals surface area contributed by atoms with Crippen molar-refractivity contribution in [3.63, 3.8) is 0 Å². The van der Waals surface area contributed by atoms with E-state index in [1.807, 2.05) is 0 Å². The molecule has 0 aliphatic carbocycles. The lowest BCUT2D eigenvalue weighted by Crippen LogP contribution is -2.33. The van der Waals surface area contributed by atoms with Gasteiger partial charge in [0.2, 0.25) is 0 Å². The van der Waals surface area contributed by atoms with Crippen molar-refractivity contribution in [2.45, 2.75) is 9.79 Å². The average molecular weight is 511 g/mol. The molecule has 4 rings (SSSR count). The fourth-order valence-corrected chi connectivity index (χ4v) is 4.99. The van der Waals surface area contributed by atoms with E-state index in [-0.39, 0.29) is 22.9 Å². The first kappa shape index (κ1) is 23.7. The molecular formula is C24H15ClN2O5S2. The number of rotatable bonds is 7. The van der Waals surface area contributed by atoms with Gasteiger partial charge in [-0.3, -0.25) is 29.4 Å². The first-order valence-electron chi connectivity index (χ1n) is 9.87. The van der Waals surface area contributed by atoms with Crippen molar-refractivity contribution in [2.75, 3.05) is 6.54 Å². The number of amides is 2. The molecule has 34 heavy (non-hydrogen) atoms. The number of nitro benzene ring substituents is 1. The van der Waals surface area contributed by atoms with Crippen LogP contribution < -0.4 is 0 Å². The van der Waals surface area contributed by atoms with Crippen LogP contribution >= 0.6 is 35.1 Å². The highest BCUT2D eigenvalue weighted by Crippen LogP contribution is 2.37. The monoisotopic (exact) mass is 510 g/mol. The van der Waals surface area contributed by atoms with E-state index in [0.29, 0.717) is 32.8 Å². The normalized spacial score (nSPS) is 14.6. The lowest BCUT2D eigenvalue weighted by molar-refractivity contribution is -0.387. The first-order valence-corrected chi connectivity index (χ1v) is 11.9. The van der Waals surface area contributed by atoms with E-state index in [2.05, 4.69) is 0 Å². The summed E-state index contributed by atoms with van der Waals surface area (Å²) in [5, 5.41) is 11.7. The molecule has 1 fully saturated rings. The molecule has 1 aliphatic heterocycles. The smallest absolute Gasteiger partial charge is 0.292 e. The minimum atomic E-state index is -0.610. The molecule has 10 heteroatoms. The van der Waals surface area contributed by atoms with E-state index in [0.717, 1.165) is 9.80 Å². The van der Waals surface area contributed by atoms with Gasteiger partial charge >= 0.3 is 0 Å². The van der Waals surface area contributed by atoms with Crippen LogP contribution in [0.5, 0.6) is 0 Å². The molecule has 0 bridgehead atoms. The number of hydrogen-bond acceptors (Lipinski definition) is 7. The molecule has 7 nitrogen and oxygen atoms in total. The van der Waals surface area contributed by atoms with Gasteiger partial charge in [-0.25, -0.2) is 0 Å². The molecule has 1 heterocycles. The number of carbonyl (C=O) groups is 3. The highest BCUT2D eigenvalue weighted by molar-refractivity contribution is 8.18. The van der Waals surface area contributed by atoms with Gasteiger partial charge in [0.05, 0.1) is 21.3 Å². The van der Waals surface area contributed by atoms with Gasteiger partial charge in [0.1, 0.15) is 0 Å². The maximum atomic E-state index is 12.8. The molecule has 0 aromatic heterocycles. The standard InChI is InChI=1S/C24H15ClN2O5S2/c25-17-7-9-18(10-8-17)33-21-11-6-15(12-19(21)27(31)32)13-22-23(29)26(24(30)34-22)14-20(28)16-4-2-1-3-5-16/h1-13H,14H2/b22-13-. The second-order valence-electron chi connectivity index (χ2n) is 7.10. The highest BCUT2D eigenvalue weighted by atomic mass is 35.5. The summed E-state index contributed by atoms with van der Waals surface area (Å²) in [6.45, 7) is -0.372. The van der Waals surface area contributed by atoms with Gasteiger partial charge in [0.25, 0.3) is 16.8 Å². The zero-order valence-corrected chi connectivity index (χ0v) is 19.7.